The molecule has 20 heavy (non-hydrogen) atoms. The first-order valence-electron chi connectivity index (χ1n) is 6.27. The van der Waals surface area contributed by atoms with E-state index in [-0.39, 0.29) is 12.2 Å². The highest BCUT2D eigenvalue weighted by atomic mass is 16.6. The molecule has 9 heteroatoms. The summed E-state index contributed by atoms with van der Waals surface area (Å²) < 4.78 is 6.56. The molecular formula is C11H16N6O3. The van der Waals surface area contributed by atoms with E-state index in [2.05, 4.69) is 20.6 Å². The van der Waals surface area contributed by atoms with Gasteiger partial charge >= 0.3 is 5.69 Å². The van der Waals surface area contributed by atoms with Crippen LogP contribution < -0.4 is 5.32 Å². The van der Waals surface area contributed by atoms with Crippen LogP contribution >= 0.6 is 0 Å². The average molecular weight is 280 g/mol. The van der Waals surface area contributed by atoms with Crippen LogP contribution in [0.5, 0.6) is 0 Å². The van der Waals surface area contributed by atoms with E-state index < -0.39 is 4.92 Å². The van der Waals surface area contributed by atoms with Crippen molar-refractivity contribution in [2.45, 2.75) is 40.3 Å². The zero-order valence-electron chi connectivity index (χ0n) is 11.6. The largest absolute Gasteiger partial charge is 0.355 e. The van der Waals surface area contributed by atoms with Crippen LogP contribution in [0.25, 0.3) is 0 Å². The molecular weight excluding hydrogens is 264 g/mol. The molecule has 0 atom stereocenters. The van der Waals surface area contributed by atoms with Gasteiger partial charge in [-0.15, -0.1) is 0 Å². The highest BCUT2D eigenvalue weighted by Crippen LogP contribution is 2.28. The molecule has 0 saturated carbocycles. The summed E-state index contributed by atoms with van der Waals surface area (Å²) in [6, 6.07) is 0. The molecule has 0 radical (unpaired) electrons. The number of aromatic nitrogens is 4. The Labute approximate surface area is 115 Å². The van der Waals surface area contributed by atoms with E-state index in [9.17, 15) is 10.1 Å². The van der Waals surface area contributed by atoms with Crippen LogP contribution in [-0.2, 0) is 13.1 Å². The Morgan fingerprint density at radius 1 is 1.45 bits per heavy atom. The van der Waals surface area contributed by atoms with Crippen molar-refractivity contribution >= 4 is 11.5 Å². The first-order valence-corrected chi connectivity index (χ1v) is 6.27. The van der Waals surface area contributed by atoms with Gasteiger partial charge in [-0.05, 0) is 20.3 Å². The van der Waals surface area contributed by atoms with E-state index in [1.165, 1.54) is 0 Å². The lowest BCUT2D eigenvalue weighted by Crippen LogP contribution is -2.09. The predicted octanol–water partition coefficient (Wildman–Crippen LogP) is 1.81. The summed E-state index contributed by atoms with van der Waals surface area (Å²) in [5, 5.41) is 22.0. The van der Waals surface area contributed by atoms with Gasteiger partial charge in [0, 0.05) is 6.54 Å². The fourth-order valence-electron chi connectivity index (χ4n) is 1.91. The van der Waals surface area contributed by atoms with Gasteiger partial charge in [0.2, 0.25) is 11.7 Å². The second kappa shape index (κ2) is 5.68. The van der Waals surface area contributed by atoms with Crippen LogP contribution in [0.4, 0.5) is 11.5 Å². The Morgan fingerprint density at radius 2 is 2.20 bits per heavy atom. The Balaban J connectivity index is 2.25. The van der Waals surface area contributed by atoms with Gasteiger partial charge in [0.25, 0.3) is 0 Å². The molecule has 2 rings (SSSR count). The second-order valence-corrected chi connectivity index (χ2v) is 4.35. The third kappa shape index (κ3) is 2.76. The normalized spacial score (nSPS) is 10.8. The summed E-state index contributed by atoms with van der Waals surface area (Å²) in [5.41, 5.74) is 0.363. The van der Waals surface area contributed by atoms with Crippen molar-refractivity contribution in [3.63, 3.8) is 0 Å². The summed E-state index contributed by atoms with van der Waals surface area (Å²) in [5.74, 6) is 1.26. The molecule has 0 saturated heterocycles. The van der Waals surface area contributed by atoms with Gasteiger partial charge in [0.1, 0.15) is 5.69 Å². The summed E-state index contributed by atoms with van der Waals surface area (Å²) in [7, 11) is 0. The Kier molecular flexibility index (Phi) is 3.97. The van der Waals surface area contributed by atoms with Crippen molar-refractivity contribution < 1.29 is 9.45 Å². The lowest BCUT2D eigenvalue weighted by Gasteiger charge is -2.06. The fraction of sp³-hybridized carbons (Fsp3) is 0.545. The first-order chi connectivity index (χ1) is 9.52. The Bertz CT molecular complexity index is 618. The minimum atomic E-state index is -0.435. The number of aryl methyl sites for hydroxylation is 3. The number of nitrogens with one attached hydrogen (secondary N) is 1. The van der Waals surface area contributed by atoms with Crippen LogP contribution in [0.1, 0.15) is 30.8 Å². The monoisotopic (exact) mass is 280 g/mol. The molecule has 0 aliphatic carbocycles. The molecule has 108 valence electrons. The smallest absolute Gasteiger partial charge is 0.333 e. The van der Waals surface area contributed by atoms with Crippen molar-refractivity contribution in [3.8, 4) is 0 Å². The van der Waals surface area contributed by atoms with E-state index in [1.807, 2.05) is 6.92 Å². The summed E-state index contributed by atoms with van der Waals surface area (Å²) >= 11 is 0. The minimum Gasteiger partial charge on any atom is -0.355 e. The Hall–Kier alpha value is -2.45. The molecule has 1 N–H and O–H groups in total. The lowest BCUT2D eigenvalue weighted by atomic mass is 10.4. The van der Waals surface area contributed by atoms with Crippen molar-refractivity contribution in [3.05, 3.63) is 27.5 Å². The van der Waals surface area contributed by atoms with E-state index >= 15 is 0 Å². The Morgan fingerprint density at radius 3 is 2.75 bits per heavy atom. The summed E-state index contributed by atoms with van der Waals surface area (Å²) in [6.07, 6.45) is 0.826. The minimum absolute atomic E-state index is 0.0188. The van der Waals surface area contributed by atoms with Crippen LogP contribution in [0, 0.1) is 24.0 Å². The number of hydrogen-bond donors (Lipinski definition) is 1. The number of rotatable bonds is 6. The molecule has 0 aliphatic rings. The van der Waals surface area contributed by atoms with Crippen molar-refractivity contribution in [2.24, 2.45) is 0 Å². The molecule has 0 amide bonds. The maximum Gasteiger partial charge on any atom is 0.333 e. The maximum absolute atomic E-state index is 11.1. The van der Waals surface area contributed by atoms with E-state index in [4.69, 9.17) is 4.52 Å². The van der Waals surface area contributed by atoms with Crippen LogP contribution in [0.3, 0.4) is 0 Å². The molecule has 0 bridgehead atoms. The van der Waals surface area contributed by atoms with E-state index in [1.54, 1.807) is 18.5 Å². The number of nitrogens with zero attached hydrogens (tertiary/aromatic N) is 5. The third-order valence-electron chi connectivity index (χ3n) is 2.69. The zero-order chi connectivity index (χ0) is 14.7. The fourth-order valence-corrected chi connectivity index (χ4v) is 1.91. The molecule has 0 fully saturated rings. The SMILES string of the molecule is CCCn1nc(C)c([N+](=O)[O-])c1NCc1nc(C)no1. The maximum atomic E-state index is 11.1. The molecule has 0 aromatic carbocycles. The predicted molar refractivity (Wildman–Crippen MR) is 70.3 cm³/mol. The van der Waals surface area contributed by atoms with Crippen LogP contribution in [0.2, 0.25) is 0 Å². The van der Waals surface area contributed by atoms with E-state index in [0.29, 0.717) is 29.8 Å². The van der Waals surface area contributed by atoms with Gasteiger partial charge in [-0.1, -0.05) is 12.1 Å². The average Bonchev–Trinajstić information content (AvgIpc) is 2.91. The van der Waals surface area contributed by atoms with Gasteiger partial charge < -0.3 is 9.84 Å². The number of hydrogen-bond acceptors (Lipinski definition) is 7. The van der Waals surface area contributed by atoms with Gasteiger partial charge in [-0.2, -0.15) is 10.1 Å². The summed E-state index contributed by atoms with van der Waals surface area (Å²) in [6.45, 7) is 6.12. The lowest BCUT2D eigenvalue weighted by molar-refractivity contribution is -0.384. The second-order valence-electron chi connectivity index (χ2n) is 4.35. The van der Waals surface area contributed by atoms with Crippen LogP contribution in [-0.4, -0.2) is 24.8 Å². The van der Waals surface area contributed by atoms with Gasteiger partial charge in [0.15, 0.2) is 5.82 Å². The van der Waals surface area contributed by atoms with Gasteiger partial charge in [-0.3, -0.25) is 10.1 Å². The quantitative estimate of drug-likeness (QED) is 0.634. The van der Waals surface area contributed by atoms with Crippen molar-refractivity contribution in [2.75, 3.05) is 5.32 Å². The van der Waals surface area contributed by atoms with Gasteiger partial charge in [0.05, 0.1) is 11.5 Å². The van der Waals surface area contributed by atoms with Gasteiger partial charge in [-0.25, -0.2) is 4.68 Å². The first kappa shape index (κ1) is 14.0. The molecule has 2 aromatic heterocycles. The number of nitro groups is 1. The standard InChI is InChI=1S/C11H16N6O3/c1-4-5-16-11(10(17(18)19)7(2)14-16)12-6-9-13-8(3)15-20-9/h12H,4-6H2,1-3H3. The molecule has 0 aliphatic heterocycles. The zero-order valence-corrected chi connectivity index (χ0v) is 11.6. The number of anilines is 1. The highest BCUT2D eigenvalue weighted by Gasteiger charge is 2.25. The molecule has 2 heterocycles. The molecule has 0 unspecified atom stereocenters. The highest BCUT2D eigenvalue weighted by molar-refractivity contribution is 5.59. The third-order valence-corrected chi connectivity index (χ3v) is 2.69. The van der Waals surface area contributed by atoms with Crippen LogP contribution in [0.15, 0.2) is 4.52 Å². The molecule has 2 aromatic rings. The van der Waals surface area contributed by atoms with E-state index in [0.717, 1.165) is 6.42 Å². The van der Waals surface area contributed by atoms with Crippen molar-refractivity contribution in [1.29, 1.82) is 0 Å². The van der Waals surface area contributed by atoms with Crippen molar-refractivity contribution in [1.82, 2.24) is 19.9 Å². The molecule has 9 nitrogen and oxygen atoms in total. The summed E-state index contributed by atoms with van der Waals surface area (Å²) in [4.78, 5) is 14.7. The topological polar surface area (TPSA) is 112 Å². The molecule has 0 spiro atoms.